The van der Waals surface area contributed by atoms with Gasteiger partial charge in [0.05, 0.1) is 5.75 Å². The van der Waals surface area contributed by atoms with Crippen LogP contribution in [0.15, 0.2) is 26.3 Å². The summed E-state index contributed by atoms with van der Waals surface area (Å²) in [6.45, 7) is 2.38. The molecule has 0 saturated heterocycles. The number of hydrogen-bond donors (Lipinski definition) is 1. The summed E-state index contributed by atoms with van der Waals surface area (Å²) in [5.41, 5.74) is -0.157. The molecule has 0 aromatic carbocycles. The van der Waals surface area contributed by atoms with Crippen LogP contribution in [-0.2, 0) is 25.4 Å². The van der Waals surface area contributed by atoms with Crippen molar-refractivity contribution in [1.82, 2.24) is 23.7 Å². The van der Waals surface area contributed by atoms with Crippen molar-refractivity contribution in [3.8, 4) is 0 Å². The monoisotopic (exact) mass is 380 g/mol. The van der Waals surface area contributed by atoms with Crippen LogP contribution in [0.5, 0.6) is 0 Å². The van der Waals surface area contributed by atoms with Crippen LogP contribution in [0.4, 0.5) is 5.13 Å². The molecule has 0 radical (unpaired) electrons. The maximum absolute atomic E-state index is 12.4. The quantitative estimate of drug-likeness (QED) is 0.652. The van der Waals surface area contributed by atoms with E-state index in [-0.39, 0.29) is 11.7 Å². The van der Waals surface area contributed by atoms with E-state index in [4.69, 9.17) is 0 Å². The van der Waals surface area contributed by atoms with Gasteiger partial charge in [0.1, 0.15) is 0 Å². The Labute approximate surface area is 150 Å². The molecule has 0 aliphatic rings. The summed E-state index contributed by atoms with van der Waals surface area (Å²) >= 11 is 2.55. The number of amides is 1. The Morgan fingerprint density at radius 2 is 2.08 bits per heavy atom. The molecule has 1 amide bonds. The number of rotatable bonds is 5. The van der Waals surface area contributed by atoms with E-state index >= 15 is 0 Å². The highest BCUT2D eigenvalue weighted by Crippen LogP contribution is 2.22. The van der Waals surface area contributed by atoms with E-state index in [1.807, 2.05) is 6.92 Å². The molecule has 3 aromatic heterocycles. The molecule has 9 nitrogen and oxygen atoms in total. The van der Waals surface area contributed by atoms with Crippen molar-refractivity contribution in [3.05, 3.63) is 32.4 Å². The van der Waals surface area contributed by atoms with Gasteiger partial charge < -0.3 is 9.88 Å². The molecule has 11 heteroatoms. The zero-order valence-electron chi connectivity index (χ0n) is 13.8. The number of anilines is 1. The molecule has 0 saturated carbocycles. The van der Waals surface area contributed by atoms with E-state index < -0.39 is 11.2 Å². The van der Waals surface area contributed by atoms with Crippen LogP contribution in [0.2, 0.25) is 0 Å². The van der Waals surface area contributed by atoms with Gasteiger partial charge in [-0.1, -0.05) is 11.8 Å². The van der Waals surface area contributed by atoms with Crippen molar-refractivity contribution < 1.29 is 4.79 Å². The number of thiazole rings is 1. The summed E-state index contributed by atoms with van der Waals surface area (Å²) in [7, 11) is 3.01. The predicted molar refractivity (Wildman–Crippen MR) is 97.4 cm³/mol. The first-order valence-electron chi connectivity index (χ1n) is 7.42. The van der Waals surface area contributed by atoms with Crippen molar-refractivity contribution >= 4 is 45.3 Å². The summed E-state index contributed by atoms with van der Waals surface area (Å²) in [5, 5.41) is 5.52. The lowest BCUT2D eigenvalue weighted by atomic mass is 10.5. The van der Waals surface area contributed by atoms with Gasteiger partial charge in [-0.15, -0.1) is 11.3 Å². The molecule has 3 rings (SSSR count). The maximum Gasteiger partial charge on any atom is 0.332 e. The summed E-state index contributed by atoms with van der Waals surface area (Å²) in [6.07, 6.45) is 1.61. The van der Waals surface area contributed by atoms with Crippen molar-refractivity contribution in [2.24, 2.45) is 14.1 Å². The lowest BCUT2D eigenvalue weighted by molar-refractivity contribution is -0.113. The standard InChI is InChI=1S/C14H16N6O3S2/c1-4-20-9-10(18(2)14(23)19(3)11(9)22)17-13(20)25-7-8(21)16-12-15-5-6-24-12/h5-6H,4,7H2,1-3H3,(H,15,16,21). The molecule has 0 aliphatic heterocycles. The fraction of sp³-hybridized carbons (Fsp3) is 0.357. The third-order valence-electron chi connectivity index (χ3n) is 3.64. The Morgan fingerprint density at radius 1 is 1.32 bits per heavy atom. The first kappa shape index (κ1) is 17.4. The number of carbonyl (C=O) groups is 1. The molecule has 0 unspecified atom stereocenters. The second kappa shape index (κ2) is 6.84. The van der Waals surface area contributed by atoms with Gasteiger partial charge in [-0.25, -0.2) is 14.8 Å². The average Bonchev–Trinajstić information content (AvgIpc) is 3.23. The maximum atomic E-state index is 12.4. The van der Waals surface area contributed by atoms with E-state index in [9.17, 15) is 14.4 Å². The van der Waals surface area contributed by atoms with Gasteiger partial charge in [-0.2, -0.15) is 0 Å². The van der Waals surface area contributed by atoms with Crippen molar-refractivity contribution in [2.45, 2.75) is 18.6 Å². The Balaban J connectivity index is 1.93. The Morgan fingerprint density at radius 3 is 2.72 bits per heavy atom. The van der Waals surface area contributed by atoms with Crippen molar-refractivity contribution in [2.75, 3.05) is 11.1 Å². The number of fused-ring (bicyclic) bond motifs is 1. The number of hydrogen-bond acceptors (Lipinski definition) is 7. The van der Waals surface area contributed by atoms with Crippen LogP contribution in [0, 0.1) is 0 Å². The Kier molecular flexibility index (Phi) is 4.77. The van der Waals surface area contributed by atoms with Crippen molar-refractivity contribution in [1.29, 1.82) is 0 Å². The summed E-state index contributed by atoms with van der Waals surface area (Å²) in [6, 6.07) is 0. The van der Waals surface area contributed by atoms with E-state index in [2.05, 4.69) is 15.3 Å². The van der Waals surface area contributed by atoms with E-state index in [1.54, 1.807) is 23.2 Å². The van der Waals surface area contributed by atoms with E-state index in [0.717, 1.165) is 4.57 Å². The minimum absolute atomic E-state index is 0.122. The van der Waals surface area contributed by atoms with Gasteiger partial charge in [0.2, 0.25) is 5.91 Å². The van der Waals surface area contributed by atoms with Gasteiger partial charge in [-0.05, 0) is 6.92 Å². The molecule has 0 bridgehead atoms. The van der Waals surface area contributed by atoms with Gasteiger partial charge in [0, 0.05) is 32.2 Å². The predicted octanol–water partition coefficient (Wildman–Crippen LogP) is 0.641. The fourth-order valence-electron chi connectivity index (χ4n) is 2.40. The van der Waals surface area contributed by atoms with Gasteiger partial charge in [-0.3, -0.25) is 18.7 Å². The largest absolute Gasteiger partial charge is 0.332 e. The summed E-state index contributed by atoms with van der Waals surface area (Å²) < 4.78 is 4.11. The number of carbonyl (C=O) groups excluding carboxylic acids is 1. The minimum atomic E-state index is -0.434. The molecule has 1 N–H and O–H groups in total. The molecule has 0 atom stereocenters. The lowest BCUT2D eigenvalue weighted by Crippen LogP contribution is -2.37. The van der Waals surface area contributed by atoms with Gasteiger partial charge in [0.15, 0.2) is 21.5 Å². The van der Waals surface area contributed by atoms with Crippen LogP contribution < -0.4 is 16.6 Å². The number of aromatic nitrogens is 5. The van der Waals surface area contributed by atoms with Crippen LogP contribution >= 0.6 is 23.1 Å². The SMILES string of the molecule is CCn1c(SCC(=O)Nc2nccs2)nc2c1c(=O)n(C)c(=O)n2C. The average molecular weight is 380 g/mol. The topological polar surface area (TPSA) is 104 Å². The third kappa shape index (κ3) is 3.12. The first-order valence-corrected chi connectivity index (χ1v) is 9.29. The van der Waals surface area contributed by atoms with Crippen LogP contribution in [0.1, 0.15) is 6.92 Å². The first-order chi connectivity index (χ1) is 11.9. The number of nitrogens with one attached hydrogen (secondary N) is 1. The van der Waals surface area contributed by atoms with E-state index in [1.165, 1.54) is 34.7 Å². The van der Waals surface area contributed by atoms with Crippen LogP contribution in [0.3, 0.4) is 0 Å². The molecule has 0 aliphatic carbocycles. The molecule has 0 fully saturated rings. The van der Waals surface area contributed by atoms with Crippen LogP contribution in [0.25, 0.3) is 11.2 Å². The van der Waals surface area contributed by atoms with Crippen LogP contribution in [-0.4, -0.2) is 35.3 Å². The van der Waals surface area contributed by atoms with Gasteiger partial charge in [0.25, 0.3) is 5.56 Å². The molecular weight excluding hydrogens is 364 g/mol. The number of imidazole rings is 1. The highest BCUT2D eigenvalue weighted by molar-refractivity contribution is 7.99. The van der Waals surface area contributed by atoms with E-state index in [0.29, 0.717) is 28.0 Å². The second-order valence-corrected chi connectivity index (χ2v) is 7.03. The normalized spacial score (nSPS) is 11.2. The zero-order chi connectivity index (χ0) is 18.1. The fourth-order valence-corrected chi connectivity index (χ4v) is 3.81. The molecule has 3 heterocycles. The summed E-state index contributed by atoms with van der Waals surface area (Å²) in [4.78, 5) is 44.9. The van der Waals surface area contributed by atoms with Crippen molar-refractivity contribution in [3.63, 3.8) is 0 Å². The van der Waals surface area contributed by atoms with Gasteiger partial charge >= 0.3 is 5.69 Å². The Hall–Kier alpha value is -2.40. The number of nitrogens with zero attached hydrogens (tertiary/aromatic N) is 5. The molecule has 132 valence electrons. The minimum Gasteiger partial charge on any atom is -0.313 e. The smallest absolute Gasteiger partial charge is 0.313 e. The number of thioether (sulfide) groups is 1. The zero-order valence-corrected chi connectivity index (χ0v) is 15.5. The Bertz CT molecular complexity index is 1050. The highest BCUT2D eigenvalue weighted by atomic mass is 32.2. The molecule has 3 aromatic rings. The lowest BCUT2D eigenvalue weighted by Gasteiger charge is -2.06. The molecule has 25 heavy (non-hydrogen) atoms. The third-order valence-corrected chi connectivity index (χ3v) is 5.31. The molecular formula is C14H16N6O3S2. The molecule has 0 spiro atoms. The summed E-state index contributed by atoms with van der Waals surface area (Å²) in [5.74, 6) is -0.0894. The second-order valence-electron chi connectivity index (χ2n) is 5.19. The number of aryl methyl sites for hydroxylation is 2. The highest BCUT2D eigenvalue weighted by Gasteiger charge is 2.19.